The van der Waals surface area contributed by atoms with E-state index >= 15 is 0 Å². The predicted molar refractivity (Wildman–Crippen MR) is 118 cm³/mol. The van der Waals surface area contributed by atoms with E-state index in [-0.39, 0.29) is 27.8 Å². The molecule has 1 amide bonds. The van der Waals surface area contributed by atoms with E-state index in [1.807, 2.05) is 0 Å². The maximum atomic E-state index is 13.3. The molecule has 1 aliphatic heterocycles. The van der Waals surface area contributed by atoms with Gasteiger partial charge in [0.1, 0.15) is 22.5 Å². The zero-order chi connectivity index (χ0) is 23.0. The number of thiophene rings is 1. The molecule has 0 saturated carbocycles. The lowest BCUT2D eigenvalue weighted by molar-refractivity contribution is -0.132. The highest BCUT2D eigenvalue weighted by Crippen LogP contribution is 2.45. The standard InChI is InChI=1S/C22H17FN2O5S2/c1-3-30-21(29)19-11(2)24-22(32-19)25-16(14-5-4-10-31-14)15(18(27)20(25)28)17(26)12-6-8-13(23)9-7-12/h4-10,16,26H,3H2,1-2H3/t16-/m0/s1. The Morgan fingerprint density at radius 2 is 1.97 bits per heavy atom. The van der Waals surface area contributed by atoms with Crippen LogP contribution in [0.5, 0.6) is 0 Å². The molecule has 0 spiro atoms. The number of hydrogen-bond acceptors (Lipinski definition) is 8. The molecule has 1 fully saturated rings. The second-order valence-electron chi connectivity index (χ2n) is 6.82. The van der Waals surface area contributed by atoms with Crippen LogP contribution < -0.4 is 4.90 Å². The minimum atomic E-state index is -0.944. The molecular formula is C22H17FN2O5S2. The highest BCUT2D eigenvalue weighted by molar-refractivity contribution is 7.18. The van der Waals surface area contributed by atoms with Gasteiger partial charge in [0.05, 0.1) is 17.9 Å². The molecule has 3 aromatic rings. The number of nitrogens with zero attached hydrogens (tertiary/aromatic N) is 2. The number of carbonyl (C=O) groups is 3. The number of Topliss-reactive ketones (excluding diaryl/α,β-unsaturated/α-hetero) is 1. The summed E-state index contributed by atoms with van der Waals surface area (Å²) >= 11 is 2.24. The number of ether oxygens (including phenoxy) is 1. The smallest absolute Gasteiger partial charge is 0.350 e. The van der Waals surface area contributed by atoms with E-state index in [4.69, 9.17) is 4.74 Å². The van der Waals surface area contributed by atoms with Gasteiger partial charge in [-0.2, -0.15) is 0 Å². The number of carbonyl (C=O) groups excluding carboxylic acids is 3. The van der Waals surface area contributed by atoms with E-state index in [0.717, 1.165) is 23.5 Å². The lowest BCUT2D eigenvalue weighted by Gasteiger charge is -2.21. The molecular weight excluding hydrogens is 455 g/mol. The Labute approximate surface area is 190 Å². The second-order valence-corrected chi connectivity index (χ2v) is 8.78. The number of amides is 1. The predicted octanol–water partition coefficient (Wildman–Crippen LogP) is 4.46. The fourth-order valence-electron chi connectivity index (χ4n) is 3.38. The van der Waals surface area contributed by atoms with Gasteiger partial charge in [0.25, 0.3) is 5.78 Å². The van der Waals surface area contributed by atoms with Crippen LogP contribution in [0.15, 0.2) is 47.4 Å². The highest BCUT2D eigenvalue weighted by atomic mass is 32.1. The van der Waals surface area contributed by atoms with Crippen molar-refractivity contribution < 1.29 is 28.6 Å². The summed E-state index contributed by atoms with van der Waals surface area (Å²) in [4.78, 5) is 44.7. The maximum absolute atomic E-state index is 13.3. The molecule has 164 valence electrons. The van der Waals surface area contributed by atoms with Crippen molar-refractivity contribution in [3.8, 4) is 0 Å². The van der Waals surface area contributed by atoms with Crippen LogP contribution in [0.4, 0.5) is 9.52 Å². The average Bonchev–Trinajstić information content (AvgIpc) is 3.48. The minimum absolute atomic E-state index is 0.130. The van der Waals surface area contributed by atoms with Gasteiger partial charge in [-0.25, -0.2) is 14.2 Å². The van der Waals surface area contributed by atoms with Gasteiger partial charge in [0, 0.05) is 10.4 Å². The number of aromatic nitrogens is 1. The third-order valence-corrected chi connectivity index (χ3v) is 6.89. The summed E-state index contributed by atoms with van der Waals surface area (Å²) < 4.78 is 18.4. The molecule has 1 aromatic carbocycles. The number of ketones is 1. The maximum Gasteiger partial charge on any atom is 0.350 e. The highest BCUT2D eigenvalue weighted by Gasteiger charge is 2.48. The number of hydrogen-bond donors (Lipinski definition) is 1. The van der Waals surface area contributed by atoms with Crippen molar-refractivity contribution in [2.24, 2.45) is 0 Å². The largest absolute Gasteiger partial charge is 0.507 e. The summed E-state index contributed by atoms with van der Waals surface area (Å²) in [7, 11) is 0. The number of aryl methyl sites for hydroxylation is 1. The summed E-state index contributed by atoms with van der Waals surface area (Å²) in [5.41, 5.74) is 0.442. The van der Waals surface area contributed by atoms with Crippen LogP contribution in [0.3, 0.4) is 0 Å². The Balaban J connectivity index is 1.87. The number of aliphatic hydroxyl groups excluding tert-OH is 1. The molecule has 1 saturated heterocycles. The molecule has 7 nitrogen and oxygen atoms in total. The summed E-state index contributed by atoms with van der Waals surface area (Å²) in [5.74, 6) is -3.25. The molecule has 4 rings (SSSR count). The molecule has 0 radical (unpaired) electrons. The average molecular weight is 473 g/mol. The van der Waals surface area contributed by atoms with Crippen LogP contribution in [0.1, 0.15) is 38.8 Å². The normalized spacial score (nSPS) is 17.7. The molecule has 1 N–H and O–H groups in total. The van der Waals surface area contributed by atoms with E-state index in [0.29, 0.717) is 10.6 Å². The van der Waals surface area contributed by atoms with Crippen molar-refractivity contribution >= 4 is 51.2 Å². The lowest BCUT2D eigenvalue weighted by atomic mass is 10.00. The summed E-state index contributed by atoms with van der Waals surface area (Å²) in [5, 5.41) is 12.8. The van der Waals surface area contributed by atoms with Crippen LogP contribution >= 0.6 is 22.7 Å². The third-order valence-electron chi connectivity index (χ3n) is 4.83. The topological polar surface area (TPSA) is 96.8 Å². The molecule has 0 aliphatic carbocycles. The van der Waals surface area contributed by atoms with Crippen molar-refractivity contribution in [2.45, 2.75) is 19.9 Å². The van der Waals surface area contributed by atoms with E-state index in [9.17, 15) is 23.9 Å². The van der Waals surface area contributed by atoms with Crippen molar-refractivity contribution in [3.63, 3.8) is 0 Å². The van der Waals surface area contributed by atoms with Gasteiger partial charge in [-0.3, -0.25) is 14.5 Å². The Morgan fingerprint density at radius 3 is 2.59 bits per heavy atom. The van der Waals surface area contributed by atoms with Crippen LogP contribution in [0, 0.1) is 12.7 Å². The second kappa shape index (κ2) is 8.64. The zero-order valence-corrected chi connectivity index (χ0v) is 18.6. The molecule has 0 unspecified atom stereocenters. The Morgan fingerprint density at radius 1 is 1.25 bits per heavy atom. The molecule has 10 heteroatoms. The number of benzene rings is 1. The fourth-order valence-corrected chi connectivity index (χ4v) is 5.19. The number of esters is 1. The number of aliphatic hydroxyl groups is 1. The van der Waals surface area contributed by atoms with Gasteiger partial charge in [-0.05, 0) is 49.6 Å². The number of anilines is 1. The Bertz CT molecular complexity index is 1230. The van der Waals surface area contributed by atoms with Crippen LogP contribution in [-0.2, 0) is 14.3 Å². The van der Waals surface area contributed by atoms with Crippen molar-refractivity contribution in [1.82, 2.24) is 4.98 Å². The number of thiazole rings is 1. The van der Waals surface area contributed by atoms with Gasteiger partial charge in [0.15, 0.2) is 5.13 Å². The monoisotopic (exact) mass is 472 g/mol. The number of halogens is 1. The van der Waals surface area contributed by atoms with Crippen LogP contribution in [0.2, 0.25) is 0 Å². The van der Waals surface area contributed by atoms with Gasteiger partial charge in [-0.15, -0.1) is 11.3 Å². The van der Waals surface area contributed by atoms with Crippen molar-refractivity contribution in [3.05, 3.63) is 74.2 Å². The quantitative estimate of drug-likeness (QED) is 0.255. The first-order chi connectivity index (χ1) is 15.3. The van der Waals surface area contributed by atoms with Gasteiger partial charge in [0.2, 0.25) is 0 Å². The lowest BCUT2D eigenvalue weighted by Crippen LogP contribution is -2.29. The van der Waals surface area contributed by atoms with Crippen LogP contribution in [-0.4, -0.2) is 34.4 Å². The minimum Gasteiger partial charge on any atom is -0.507 e. The van der Waals surface area contributed by atoms with Gasteiger partial charge in [-0.1, -0.05) is 17.4 Å². The first-order valence-corrected chi connectivity index (χ1v) is 11.3. The molecule has 3 heterocycles. The van der Waals surface area contributed by atoms with Crippen molar-refractivity contribution in [2.75, 3.05) is 11.5 Å². The van der Waals surface area contributed by atoms with Gasteiger partial charge < -0.3 is 9.84 Å². The van der Waals surface area contributed by atoms with E-state index < -0.39 is 35.3 Å². The summed E-state index contributed by atoms with van der Waals surface area (Å²) in [6, 6.07) is 7.52. The third kappa shape index (κ3) is 3.71. The SMILES string of the molecule is CCOC(=O)c1sc(N2C(=O)C(=O)C(=C(O)c3ccc(F)cc3)[C@@H]2c2cccs2)nc1C. The van der Waals surface area contributed by atoms with E-state index in [2.05, 4.69) is 4.98 Å². The first-order valence-electron chi connectivity index (χ1n) is 9.58. The molecule has 32 heavy (non-hydrogen) atoms. The number of rotatable bonds is 5. The Hall–Kier alpha value is -3.37. The fraction of sp³-hybridized carbons (Fsp3) is 0.182. The molecule has 1 atom stereocenters. The summed E-state index contributed by atoms with van der Waals surface area (Å²) in [6.07, 6.45) is 0. The Kier molecular flexibility index (Phi) is 5.90. The molecule has 0 bridgehead atoms. The van der Waals surface area contributed by atoms with Crippen LogP contribution in [0.25, 0.3) is 5.76 Å². The first kappa shape index (κ1) is 21.8. The van der Waals surface area contributed by atoms with E-state index in [1.165, 1.54) is 28.4 Å². The van der Waals surface area contributed by atoms with Crippen molar-refractivity contribution in [1.29, 1.82) is 0 Å². The van der Waals surface area contributed by atoms with E-state index in [1.54, 1.807) is 31.4 Å². The zero-order valence-electron chi connectivity index (χ0n) is 17.0. The summed E-state index contributed by atoms with van der Waals surface area (Å²) in [6.45, 7) is 3.48. The molecule has 2 aromatic heterocycles. The molecule has 1 aliphatic rings. The van der Waals surface area contributed by atoms with Gasteiger partial charge >= 0.3 is 11.9 Å².